The van der Waals surface area contributed by atoms with Crippen LogP contribution in [0.1, 0.15) is 49.9 Å². The van der Waals surface area contributed by atoms with E-state index in [2.05, 4.69) is 24.8 Å². The molecule has 0 aromatic carbocycles. The molecule has 1 fully saturated rings. The van der Waals surface area contributed by atoms with E-state index >= 15 is 0 Å². The fourth-order valence-electron chi connectivity index (χ4n) is 3.50. The van der Waals surface area contributed by atoms with E-state index in [4.69, 9.17) is 22.9 Å². The molecule has 2 heterocycles. The van der Waals surface area contributed by atoms with E-state index in [0.29, 0.717) is 16.9 Å². The van der Waals surface area contributed by atoms with Gasteiger partial charge in [-0.15, -0.1) is 0 Å². The second-order valence-electron chi connectivity index (χ2n) is 6.24. The third-order valence-corrected chi connectivity index (χ3v) is 5.16. The van der Waals surface area contributed by atoms with Crippen LogP contribution in [0, 0.1) is 5.92 Å². The van der Waals surface area contributed by atoms with Crippen LogP contribution in [-0.4, -0.2) is 22.6 Å². The molecule has 1 aromatic rings. The van der Waals surface area contributed by atoms with Crippen LogP contribution >= 0.6 is 12.2 Å². The predicted octanol–water partition coefficient (Wildman–Crippen LogP) is 2.83. The van der Waals surface area contributed by atoms with Gasteiger partial charge in [0.05, 0.1) is 5.56 Å². The topological polar surface area (TPSA) is 42.2 Å². The molecule has 0 amide bonds. The molecule has 2 unspecified atom stereocenters. The Morgan fingerprint density at radius 1 is 1.35 bits per heavy atom. The van der Waals surface area contributed by atoms with Crippen molar-refractivity contribution < 1.29 is 0 Å². The van der Waals surface area contributed by atoms with Crippen molar-refractivity contribution in [1.82, 2.24) is 4.98 Å². The molecule has 3 rings (SSSR count). The molecule has 0 radical (unpaired) electrons. The summed E-state index contributed by atoms with van der Waals surface area (Å²) in [6.45, 7) is 5.68. The van der Waals surface area contributed by atoms with Crippen LogP contribution in [-0.2, 0) is 12.8 Å². The van der Waals surface area contributed by atoms with Crippen molar-refractivity contribution in [3.05, 3.63) is 22.9 Å². The van der Waals surface area contributed by atoms with Gasteiger partial charge in [-0.25, -0.2) is 4.98 Å². The number of pyridine rings is 1. The lowest BCUT2D eigenvalue weighted by Gasteiger charge is -2.39. The van der Waals surface area contributed by atoms with E-state index in [-0.39, 0.29) is 0 Å². The van der Waals surface area contributed by atoms with Gasteiger partial charge < -0.3 is 10.6 Å². The molecule has 4 heteroatoms. The number of thiocarbonyl (C=S) groups is 1. The first-order chi connectivity index (χ1) is 9.58. The highest BCUT2D eigenvalue weighted by molar-refractivity contribution is 7.80. The van der Waals surface area contributed by atoms with Crippen molar-refractivity contribution >= 4 is 23.0 Å². The summed E-state index contributed by atoms with van der Waals surface area (Å²) in [6, 6.07) is 2.70. The number of hydrogen-bond acceptors (Lipinski definition) is 3. The Hall–Kier alpha value is -1.16. The molecule has 1 aliphatic heterocycles. The predicted molar refractivity (Wildman–Crippen MR) is 87.4 cm³/mol. The smallest absolute Gasteiger partial charge is 0.139 e. The highest BCUT2D eigenvalue weighted by Crippen LogP contribution is 2.32. The first-order valence-electron chi connectivity index (χ1n) is 7.67. The number of nitrogens with zero attached hydrogens (tertiary/aromatic N) is 2. The van der Waals surface area contributed by atoms with Gasteiger partial charge in [-0.05, 0) is 56.6 Å². The zero-order valence-corrected chi connectivity index (χ0v) is 13.2. The molecule has 1 saturated heterocycles. The van der Waals surface area contributed by atoms with Gasteiger partial charge in [0.2, 0.25) is 0 Å². The highest BCUT2D eigenvalue weighted by Gasteiger charge is 2.29. The minimum absolute atomic E-state index is 0.479. The molecule has 2 N–H and O–H groups in total. The lowest BCUT2D eigenvalue weighted by Crippen LogP contribution is -2.44. The largest absolute Gasteiger partial charge is 0.389 e. The average molecular weight is 289 g/mol. The molecule has 1 aromatic heterocycles. The maximum Gasteiger partial charge on any atom is 0.139 e. The molecule has 0 saturated carbocycles. The summed E-state index contributed by atoms with van der Waals surface area (Å²) in [5, 5.41) is 0. The van der Waals surface area contributed by atoms with Crippen molar-refractivity contribution in [3.63, 3.8) is 0 Å². The van der Waals surface area contributed by atoms with Gasteiger partial charge in [-0.1, -0.05) is 19.1 Å². The number of piperidine rings is 1. The van der Waals surface area contributed by atoms with Crippen LogP contribution in [0.25, 0.3) is 0 Å². The molecule has 1 aliphatic carbocycles. The van der Waals surface area contributed by atoms with Gasteiger partial charge in [0, 0.05) is 18.3 Å². The fourth-order valence-corrected chi connectivity index (χ4v) is 3.65. The minimum atomic E-state index is 0.479. The normalized spacial score (nSPS) is 25.6. The molecular weight excluding hydrogens is 266 g/mol. The van der Waals surface area contributed by atoms with E-state index in [0.717, 1.165) is 30.8 Å². The first-order valence-corrected chi connectivity index (χ1v) is 8.08. The molecule has 3 nitrogen and oxygen atoms in total. The second-order valence-corrected chi connectivity index (χ2v) is 6.68. The quantitative estimate of drug-likeness (QED) is 0.850. The monoisotopic (exact) mass is 289 g/mol. The molecule has 0 spiro atoms. The Morgan fingerprint density at radius 2 is 2.15 bits per heavy atom. The average Bonchev–Trinajstić information content (AvgIpc) is 2.87. The van der Waals surface area contributed by atoms with Crippen LogP contribution in [0.5, 0.6) is 0 Å². The Kier molecular flexibility index (Phi) is 3.67. The summed E-state index contributed by atoms with van der Waals surface area (Å²) >= 11 is 5.27. The SMILES string of the molecule is CC1CCCN(c2nc3c(cc2C(N)=S)CCC3)C1C. The summed E-state index contributed by atoms with van der Waals surface area (Å²) in [5.41, 5.74) is 9.53. The van der Waals surface area contributed by atoms with E-state index < -0.39 is 0 Å². The summed E-state index contributed by atoms with van der Waals surface area (Å²) in [6.07, 6.45) is 5.93. The lowest BCUT2D eigenvalue weighted by atomic mass is 9.91. The molecule has 20 heavy (non-hydrogen) atoms. The standard InChI is InChI=1S/C16H23N3S/c1-10-5-4-8-19(11(10)2)16-13(15(17)20)9-12-6-3-7-14(12)18-16/h9-11H,3-8H2,1-2H3,(H2,17,20). The number of nitrogens with two attached hydrogens (primary N) is 1. The maximum absolute atomic E-state index is 5.96. The first kappa shape index (κ1) is 13.8. The number of aromatic nitrogens is 1. The maximum atomic E-state index is 5.96. The van der Waals surface area contributed by atoms with Gasteiger partial charge in [0.25, 0.3) is 0 Å². The van der Waals surface area contributed by atoms with E-state index in [9.17, 15) is 0 Å². The van der Waals surface area contributed by atoms with E-state index in [1.54, 1.807) is 0 Å². The molecule has 2 atom stereocenters. The van der Waals surface area contributed by atoms with Crippen molar-refractivity contribution in [2.75, 3.05) is 11.4 Å². The van der Waals surface area contributed by atoms with Crippen LogP contribution in [0.15, 0.2) is 6.07 Å². The van der Waals surface area contributed by atoms with Crippen LogP contribution in [0.3, 0.4) is 0 Å². The van der Waals surface area contributed by atoms with Crippen LogP contribution < -0.4 is 10.6 Å². The van der Waals surface area contributed by atoms with Gasteiger partial charge in [0.1, 0.15) is 10.8 Å². The summed E-state index contributed by atoms with van der Waals surface area (Å²) in [7, 11) is 0. The van der Waals surface area contributed by atoms with Crippen molar-refractivity contribution in [2.45, 2.75) is 52.0 Å². The third kappa shape index (κ3) is 2.30. The Labute approximate surface area is 126 Å². The van der Waals surface area contributed by atoms with E-state index in [1.807, 2.05) is 0 Å². The number of aryl methyl sites for hydroxylation is 2. The van der Waals surface area contributed by atoms with Gasteiger partial charge in [-0.3, -0.25) is 0 Å². The lowest BCUT2D eigenvalue weighted by molar-refractivity contribution is 0.361. The summed E-state index contributed by atoms with van der Waals surface area (Å²) in [5.74, 6) is 1.72. The number of anilines is 1. The zero-order chi connectivity index (χ0) is 14.3. The van der Waals surface area contributed by atoms with E-state index in [1.165, 1.54) is 30.5 Å². The Bertz CT molecular complexity index is 541. The Balaban J connectivity index is 2.05. The van der Waals surface area contributed by atoms with Crippen molar-refractivity contribution in [2.24, 2.45) is 11.7 Å². The van der Waals surface area contributed by atoms with Gasteiger partial charge in [-0.2, -0.15) is 0 Å². The number of rotatable bonds is 2. The molecular formula is C16H23N3S. The molecule has 108 valence electrons. The Morgan fingerprint density at radius 3 is 2.90 bits per heavy atom. The summed E-state index contributed by atoms with van der Waals surface area (Å²) < 4.78 is 0. The van der Waals surface area contributed by atoms with Crippen molar-refractivity contribution in [1.29, 1.82) is 0 Å². The molecule has 2 aliphatic rings. The summed E-state index contributed by atoms with van der Waals surface area (Å²) in [4.78, 5) is 7.84. The number of fused-ring (bicyclic) bond motifs is 1. The van der Waals surface area contributed by atoms with Crippen molar-refractivity contribution in [3.8, 4) is 0 Å². The fraction of sp³-hybridized carbons (Fsp3) is 0.625. The van der Waals surface area contributed by atoms with Crippen LogP contribution in [0.4, 0.5) is 5.82 Å². The zero-order valence-electron chi connectivity index (χ0n) is 12.4. The molecule has 0 bridgehead atoms. The second kappa shape index (κ2) is 5.32. The highest BCUT2D eigenvalue weighted by atomic mass is 32.1. The third-order valence-electron chi connectivity index (χ3n) is 4.94. The minimum Gasteiger partial charge on any atom is -0.389 e. The van der Waals surface area contributed by atoms with Gasteiger partial charge in [0.15, 0.2) is 0 Å². The van der Waals surface area contributed by atoms with Crippen LogP contribution in [0.2, 0.25) is 0 Å². The van der Waals surface area contributed by atoms with Gasteiger partial charge >= 0.3 is 0 Å². The number of hydrogen-bond donors (Lipinski definition) is 1.